The maximum Gasteiger partial charge on any atom is 0.245 e. The number of rotatable bonds is 3. The van der Waals surface area contributed by atoms with Gasteiger partial charge in [0.15, 0.2) is 5.11 Å². The zero-order chi connectivity index (χ0) is 17.8. The molecule has 25 heavy (non-hydrogen) atoms. The highest BCUT2D eigenvalue weighted by molar-refractivity contribution is 7.80. The zero-order valence-corrected chi connectivity index (χ0v) is 14.2. The highest BCUT2D eigenvalue weighted by Gasteiger charge is 2.11. The van der Waals surface area contributed by atoms with Gasteiger partial charge in [0.05, 0.1) is 17.5 Å². The number of carbonyl (C=O) groups excluding carboxylic acids is 1. The molecule has 8 heteroatoms. The number of hydrogen-bond acceptors (Lipinski definition) is 3. The van der Waals surface area contributed by atoms with Gasteiger partial charge in [-0.05, 0) is 48.6 Å². The monoisotopic (exact) mass is 357 g/mol. The second-order valence-electron chi connectivity index (χ2n) is 5.39. The molecule has 3 N–H and O–H groups in total. The highest BCUT2D eigenvalue weighted by atomic mass is 32.1. The normalized spacial score (nSPS) is 10.5. The summed E-state index contributed by atoms with van der Waals surface area (Å²) in [5.41, 5.74) is 7.54. The van der Waals surface area contributed by atoms with Crippen molar-refractivity contribution >= 4 is 40.0 Å². The van der Waals surface area contributed by atoms with E-state index in [1.54, 1.807) is 12.1 Å². The van der Waals surface area contributed by atoms with Crippen LogP contribution in [0.5, 0.6) is 0 Å². The Balaban J connectivity index is 1.54. The van der Waals surface area contributed by atoms with Gasteiger partial charge in [-0.3, -0.25) is 15.6 Å². The second kappa shape index (κ2) is 7.27. The van der Waals surface area contributed by atoms with Crippen LogP contribution in [0, 0.1) is 5.82 Å². The number of anilines is 1. The van der Waals surface area contributed by atoms with Crippen LogP contribution in [0.1, 0.15) is 5.82 Å². The largest absolute Gasteiger partial charge is 0.331 e. The molecule has 0 atom stereocenters. The number of nitrogens with zero attached hydrogens (tertiary/aromatic N) is 2. The zero-order valence-electron chi connectivity index (χ0n) is 13.4. The van der Waals surface area contributed by atoms with E-state index >= 15 is 0 Å². The van der Waals surface area contributed by atoms with Gasteiger partial charge < -0.3 is 9.88 Å². The second-order valence-corrected chi connectivity index (χ2v) is 5.79. The SMILES string of the molecule is Cn1c(CC(=O)NNC(=S)Nc2ccc(F)cc2)nc2ccccc21. The van der Waals surface area contributed by atoms with Crippen LogP contribution < -0.4 is 16.2 Å². The number of carbonyl (C=O) groups is 1. The first-order valence-electron chi connectivity index (χ1n) is 7.54. The van der Waals surface area contributed by atoms with Gasteiger partial charge in [-0.15, -0.1) is 0 Å². The molecule has 0 saturated carbocycles. The van der Waals surface area contributed by atoms with Gasteiger partial charge in [-0.1, -0.05) is 12.1 Å². The predicted octanol–water partition coefficient (Wildman–Crippen LogP) is 2.27. The lowest BCUT2D eigenvalue weighted by molar-refractivity contribution is -0.121. The standard InChI is InChI=1S/C17H16FN5OS/c1-23-14-5-3-2-4-13(14)20-15(23)10-16(24)21-22-17(25)19-12-8-6-11(18)7-9-12/h2-9H,10H2,1H3,(H,21,24)(H2,19,22,25). The molecule has 0 aliphatic rings. The molecule has 0 fully saturated rings. The van der Waals surface area contributed by atoms with Gasteiger partial charge >= 0.3 is 0 Å². The smallest absolute Gasteiger partial charge is 0.245 e. The Labute approximate surface area is 149 Å². The Morgan fingerprint density at radius 2 is 1.88 bits per heavy atom. The van der Waals surface area contributed by atoms with Crippen molar-refractivity contribution in [3.8, 4) is 0 Å². The van der Waals surface area contributed by atoms with Crippen molar-refractivity contribution in [3.63, 3.8) is 0 Å². The lowest BCUT2D eigenvalue weighted by Crippen LogP contribution is -2.44. The van der Waals surface area contributed by atoms with Crippen LogP contribution in [0.4, 0.5) is 10.1 Å². The number of aromatic nitrogens is 2. The molecule has 0 bridgehead atoms. The van der Waals surface area contributed by atoms with E-state index in [2.05, 4.69) is 21.2 Å². The molecule has 0 spiro atoms. The van der Waals surface area contributed by atoms with Crippen molar-refractivity contribution in [2.24, 2.45) is 7.05 Å². The van der Waals surface area contributed by atoms with E-state index in [-0.39, 0.29) is 23.3 Å². The Kier molecular flexibility index (Phi) is 4.90. The summed E-state index contributed by atoms with van der Waals surface area (Å²) < 4.78 is 14.7. The minimum absolute atomic E-state index is 0.108. The molecular formula is C17H16FN5OS. The molecule has 0 radical (unpaired) electrons. The Hall–Kier alpha value is -3.00. The summed E-state index contributed by atoms with van der Waals surface area (Å²) >= 11 is 5.08. The van der Waals surface area contributed by atoms with Crippen molar-refractivity contribution in [1.29, 1.82) is 0 Å². The van der Waals surface area contributed by atoms with Gasteiger partial charge in [-0.2, -0.15) is 0 Å². The summed E-state index contributed by atoms with van der Waals surface area (Å²) in [5.74, 6) is 0.0414. The molecule has 0 aliphatic heterocycles. The van der Waals surface area contributed by atoms with Crippen molar-refractivity contribution < 1.29 is 9.18 Å². The third-order valence-corrected chi connectivity index (χ3v) is 3.82. The van der Waals surface area contributed by atoms with Gasteiger partial charge in [0.2, 0.25) is 5.91 Å². The third kappa shape index (κ3) is 4.10. The van der Waals surface area contributed by atoms with E-state index in [1.807, 2.05) is 35.9 Å². The van der Waals surface area contributed by atoms with E-state index in [9.17, 15) is 9.18 Å². The summed E-state index contributed by atoms with van der Waals surface area (Å²) in [6.45, 7) is 0. The maximum atomic E-state index is 12.9. The van der Waals surface area contributed by atoms with Gasteiger partial charge in [0.1, 0.15) is 11.6 Å². The van der Waals surface area contributed by atoms with E-state index in [4.69, 9.17) is 12.2 Å². The fourth-order valence-corrected chi connectivity index (χ4v) is 2.53. The summed E-state index contributed by atoms with van der Waals surface area (Å²) in [6.07, 6.45) is 0.108. The van der Waals surface area contributed by atoms with E-state index in [0.29, 0.717) is 11.5 Å². The number of nitrogens with one attached hydrogen (secondary N) is 3. The number of hydrazine groups is 1. The topological polar surface area (TPSA) is 71.0 Å². The predicted molar refractivity (Wildman–Crippen MR) is 98.3 cm³/mol. The average Bonchev–Trinajstić information content (AvgIpc) is 2.91. The number of fused-ring (bicyclic) bond motifs is 1. The van der Waals surface area contributed by atoms with Crippen molar-refractivity contribution in [1.82, 2.24) is 20.4 Å². The van der Waals surface area contributed by atoms with Crippen LogP contribution in [-0.4, -0.2) is 20.6 Å². The molecule has 6 nitrogen and oxygen atoms in total. The molecule has 1 heterocycles. The summed E-state index contributed by atoms with van der Waals surface area (Å²) in [4.78, 5) is 16.5. The van der Waals surface area contributed by atoms with Crippen LogP contribution in [-0.2, 0) is 18.3 Å². The Bertz CT molecular complexity index is 922. The third-order valence-electron chi connectivity index (χ3n) is 3.62. The number of amides is 1. The van der Waals surface area contributed by atoms with Crippen molar-refractivity contribution in [2.45, 2.75) is 6.42 Å². The minimum atomic E-state index is -0.333. The Morgan fingerprint density at radius 3 is 2.60 bits per heavy atom. The van der Waals surface area contributed by atoms with Crippen molar-refractivity contribution in [2.75, 3.05) is 5.32 Å². The number of para-hydroxylation sites is 2. The summed E-state index contributed by atoms with van der Waals surface area (Å²) in [5, 5.41) is 3.04. The first-order chi connectivity index (χ1) is 12.0. The molecule has 1 aromatic heterocycles. The molecule has 2 aromatic carbocycles. The summed E-state index contributed by atoms with van der Waals surface area (Å²) in [6, 6.07) is 13.4. The molecule has 1 amide bonds. The number of halogens is 1. The lowest BCUT2D eigenvalue weighted by atomic mass is 10.3. The molecule has 3 rings (SSSR count). The van der Waals surface area contributed by atoms with Crippen LogP contribution in [0.2, 0.25) is 0 Å². The molecule has 0 unspecified atom stereocenters. The number of thiocarbonyl (C=S) groups is 1. The quantitative estimate of drug-likeness (QED) is 0.496. The average molecular weight is 357 g/mol. The fourth-order valence-electron chi connectivity index (χ4n) is 2.36. The lowest BCUT2D eigenvalue weighted by Gasteiger charge is -2.11. The number of benzene rings is 2. The van der Waals surface area contributed by atoms with Crippen LogP contribution >= 0.6 is 12.2 Å². The van der Waals surface area contributed by atoms with Crippen LogP contribution in [0.3, 0.4) is 0 Å². The highest BCUT2D eigenvalue weighted by Crippen LogP contribution is 2.14. The fraction of sp³-hybridized carbons (Fsp3) is 0.118. The van der Waals surface area contributed by atoms with Crippen molar-refractivity contribution in [3.05, 3.63) is 60.2 Å². The number of aryl methyl sites for hydroxylation is 1. The maximum absolute atomic E-state index is 12.9. The van der Waals surface area contributed by atoms with E-state index in [0.717, 1.165) is 11.0 Å². The van der Waals surface area contributed by atoms with Gasteiger partial charge in [0.25, 0.3) is 0 Å². The Morgan fingerprint density at radius 1 is 1.16 bits per heavy atom. The summed E-state index contributed by atoms with van der Waals surface area (Å²) in [7, 11) is 1.87. The first-order valence-corrected chi connectivity index (χ1v) is 7.95. The first kappa shape index (κ1) is 16.8. The number of imidazole rings is 1. The number of hydrogen-bond donors (Lipinski definition) is 3. The molecule has 128 valence electrons. The molecule has 3 aromatic rings. The van der Waals surface area contributed by atoms with Crippen LogP contribution in [0.15, 0.2) is 48.5 Å². The van der Waals surface area contributed by atoms with Gasteiger partial charge in [-0.25, -0.2) is 9.37 Å². The molecule has 0 saturated heterocycles. The van der Waals surface area contributed by atoms with Gasteiger partial charge in [0, 0.05) is 12.7 Å². The molecule has 0 aliphatic carbocycles. The van der Waals surface area contributed by atoms with E-state index < -0.39 is 0 Å². The minimum Gasteiger partial charge on any atom is -0.331 e. The van der Waals surface area contributed by atoms with Crippen LogP contribution in [0.25, 0.3) is 11.0 Å². The van der Waals surface area contributed by atoms with E-state index in [1.165, 1.54) is 12.1 Å². The molecular weight excluding hydrogens is 341 g/mol.